The SMILES string of the molecule is O=CC(CC(=O)O)NS(=O)(=O)c1ccccc1OCCc1cncc2ccccc12. The molecule has 3 rings (SSSR count). The van der Waals surface area contributed by atoms with Crippen LogP contribution in [0.4, 0.5) is 0 Å². The summed E-state index contributed by atoms with van der Waals surface area (Å²) in [6, 6.07) is 12.4. The number of ether oxygens (including phenoxy) is 1. The first-order chi connectivity index (χ1) is 14.4. The zero-order chi connectivity index (χ0) is 21.6. The van der Waals surface area contributed by atoms with Gasteiger partial charge >= 0.3 is 5.97 Å². The maximum atomic E-state index is 12.7. The van der Waals surface area contributed by atoms with Crippen molar-refractivity contribution in [1.29, 1.82) is 0 Å². The van der Waals surface area contributed by atoms with E-state index in [4.69, 9.17) is 9.84 Å². The van der Waals surface area contributed by atoms with Crippen molar-refractivity contribution in [2.24, 2.45) is 0 Å². The van der Waals surface area contributed by atoms with Crippen LogP contribution in [-0.4, -0.2) is 43.4 Å². The lowest BCUT2D eigenvalue weighted by atomic mass is 10.1. The van der Waals surface area contributed by atoms with Crippen molar-refractivity contribution < 1.29 is 27.9 Å². The summed E-state index contributed by atoms with van der Waals surface area (Å²) in [7, 11) is -4.16. The highest BCUT2D eigenvalue weighted by molar-refractivity contribution is 7.89. The smallest absolute Gasteiger partial charge is 0.305 e. The summed E-state index contributed by atoms with van der Waals surface area (Å²) < 4.78 is 33.1. The fraction of sp³-hybridized carbons (Fsp3) is 0.190. The summed E-state index contributed by atoms with van der Waals surface area (Å²) in [6.07, 6.45) is 3.62. The highest BCUT2D eigenvalue weighted by Gasteiger charge is 2.24. The van der Waals surface area contributed by atoms with E-state index in [0.717, 1.165) is 16.3 Å². The molecule has 0 amide bonds. The molecule has 0 bridgehead atoms. The van der Waals surface area contributed by atoms with Crippen LogP contribution < -0.4 is 9.46 Å². The van der Waals surface area contributed by atoms with Gasteiger partial charge in [-0.05, 0) is 23.1 Å². The number of aromatic nitrogens is 1. The third-order valence-corrected chi connectivity index (χ3v) is 5.91. The van der Waals surface area contributed by atoms with E-state index in [0.29, 0.717) is 6.42 Å². The van der Waals surface area contributed by atoms with Gasteiger partial charge in [0.25, 0.3) is 0 Å². The number of carbonyl (C=O) groups excluding carboxylic acids is 1. The molecule has 1 atom stereocenters. The number of pyridine rings is 1. The Morgan fingerprint density at radius 2 is 1.87 bits per heavy atom. The van der Waals surface area contributed by atoms with Crippen molar-refractivity contribution in [1.82, 2.24) is 9.71 Å². The number of carboxylic acid groups (broad SMARTS) is 1. The van der Waals surface area contributed by atoms with Crippen LogP contribution >= 0.6 is 0 Å². The molecule has 1 aromatic heterocycles. The number of carboxylic acids is 1. The van der Waals surface area contributed by atoms with Crippen LogP contribution in [0.15, 0.2) is 65.8 Å². The van der Waals surface area contributed by atoms with E-state index in [1.165, 1.54) is 18.2 Å². The van der Waals surface area contributed by atoms with Gasteiger partial charge in [-0.2, -0.15) is 0 Å². The van der Waals surface area contributed by atoms with Gasteiger partial charge in [0.15, 0.2) is 0 Å². The molecule has 156 valence electrons. The number of fused-ring (bicyclic) bond motifs is 1. The number of nitrogens with zero attached hydrogens (tertiary/aromatic N) is 1. The molecule has 1 unspecified atom stereocenters. The van der Waals surface area contributed by atoms with Crippen molar-refractivity contribution in [2.75, 3.05) is 6.61 Å². The Bertz CT molecular complexity index is 1160. The minimum Gasteiger partial charge on any atom is -0.492 e. The number of benzene rings is 2. The first kappa shape index (κ1) is 21.4. The summed E-state index contributed by atoms with van der Waals surface area (Å²) in [5, 5.41) is 10.9. The largest absolute Gasteiger partial charge is 0.492 e. The Kier molecular flexibility index (Phi) is 6.76. The molecule has 0 saturated heterocycles. The number of para-hydroxylation sites is 1. The molecule has 0 radical (unpaired) electrons. The molecule has 8 nitrogen and oxygen atoms in total. The molecular weight excluding hydrogens is 408 g/mol. The number of hydrogen-bond donors (Lipinski definition) is 2. The summed E-state index contributed by atoms with van der Waals surface area (Å²) in [5.74, 6) is -1.18. The highest BCUT2D eigenvalue weighted by atomic mass is 32.2. The Labute approximate surface area is 173 Å². The second kappa shape index (κ2) is 9.47. The van der Waals surface area contributed by atoms with Crippen molar-refractivity contribution in [3.05, 3.63) is 66.5 Å². The zero-order valence-corrected chi connectivity index (χ0v) is 16.7. The van der Waals surface area contributed by atoms with E-state index in [1.807, 2.05) is 24.3 Å². The second-order valence-corrected chi connectivity index (χ2v) is 8.21. The number of sulfonamides is 1. The normalized spacial score (nSPS) is 12.4. The zero-order valence-electron chi connectivity index (χ0n) is 15.9. The number of aliphatic carboxylic acids is 1. The maximum absolute atomic E-state index is 12.7. The molecule has 0 aliphatic rings. The molecule has 0 aliphatic carbocycles. The van der Waals surface area contributed by atoms with Crippen LogP contribution in [0.1, 0.15) is 12.0 Å². The van der Waals surface area contributed by atoms with Gasteiger partial charge in [0.05, 0.1) is 19.1 Å². The average molecular weight is 428 g/mol. The van der Waals surface area contributed by atoms with E-state index in [2.05, 4.69) is 9.71 Å². The van der Waals surface area contributed by atoms with Crippen LogP contribution in [-0.2, 0) is 26.0 Å². The van der Waals surface area contributed by atoms with Gasteiger partial charge in [0.2, 0.25) is 10.0 Å². The van der Waals surface area contributed by atoms with E-state index < -0.39 is 28.5 Å². The van der Waals surface area contributed by atoms with Crippen molar-refractivity contribution in [3.63, 3.8) is 0 Å². The van der Waals surface area contributed by atoms with Gasteiger partial charge in [-0.15, -0.1) is 0 Å². The minimum atomic E-state index is -4.16. The lowest BCUT2D eigenvalue weighted by Crippen LogP contribution is -2.37. The molecule has 30 heavy (non-hydrogen) atoms. The Morgan fingerprint density at radius 3 is 2.63 bits per heavy atom. The van der Waals surface area contributed by atoms with Gasteiger partial charge in [0.1, 0.15) is 16.9 Å². The lowest BCUT2D eigenvalue weighted by Gasteiger charge is -2.15. The van der Waals surface area contributed by atoms with Crippen LogP contribution in [0, 0.1) is 0 Å². The van der Waals surface area contributed by atoms with Crippen molar-refractivity contribution in [2.45, 2.75) is 23.8 Å². The topological polar surface area (TPSA) is 123 Å². The number of carbonyl (C=O) groups is 2. The Morgan fingerprint density at radius 1 is 1.13 bits per heavy atom. The van der Waals surface area contributed by atoms with E-state index >= 15 is 0 Å². The van der Waals surface area contributed by atoms with Crippen molar-refractivity contribution in [3.8, 4) is 5.75 Å². The second-order valence-electron chi connectivity index (χ2n) is 6.53. The van der Waals surface area contributed by atoms with Crippen LogP contribution in [0.3, 0.4) is 0 Å². The maximum Gasteiger partial charge on any atom is 0.305 e. The number of rotatable bonds is 10. The molecule has 0 spiro atoms. The van der Waals surface area contributed by atoms with E-state index in [-0.39, 0.29) is 23.5 Å². The summed E-state index contributed by atoms with van der Waals surface area (Å²) in [4.78, 5) is 25.9. The Hall–Kier alpha value is -3.30. The van der Waals surface area contributed by atoms with Crippen LogP contribution in [0.5, 0.6) is 5.75 Å². The van der Waals surface area contributed by atoms with Gasteiger partial charge in [0, 0.05) is 24.2 Å². The van der Waals surface area contributed by atoms with E-state index in [1.54, 1.807) is 18.5 Å². The van der Waals surface area contributed by atoms with Crippen LogP contribution in [0.2, 0.25) is 0 Å². The molecule has 0 fully saturated rings. The molecular formula is C21H20N2O6S. The molecule has 0 saturated carbocycles. The molecule has 3 aromatic rings. The van der Waals surface area contributed by atoms with Crippen molar-refractivity contribution >= 4 is 33.1 Å². The first-order valence-electron chi connectivity index (χ1n) is 9.13. The highest BCUT2D eigenvalue weighted by Crippen LogP contribution is 2.24. The third-order valence-electron chi connectivity index (χ3n) is 4.38. The minimum absolute atomic E-state index is 0.109. The molecule has 1 heterocycles. The van der Waals surface area contributed by atoms with Crippen LogP contribution in [0.25, 0.3) is 10.8 Å². The molecule has 2 aromatic carbocycles. The lowest BCUT2D eigenvalue weighted by molar-refractivity contribution is -0.138. The first-order valence-corrected chi connectivity index (χ1v) is 10.6. The number of hydrogen-bond acceptors (Lipinski definition) is 6. The third kappa shape index (κ3) is 5.19. The summed E-state index contributed by atoms with van der Waals surface area (Å²) in [5.41, 5.74) is 0.967. The predicted octanol–water partition coefficient (Wildman–Crippen LogP) is 2.18. The fourth-order valence-corrected chi connectivity index (χ4v) is 4.32. The predicted molar refractivity (Wildman–Crippen MR) is 110 cm³/mol. The summed E-state index contributed by atoms with van der Waals surface area (Å²) in [6.45, 7) is 0.203. The Balaban J connectivity index is 1.75. The van der Waals surface area contributed by atoms with Gasteiger partial charge in [-0.1, -0.05) is 36.4 Å². The quantitative estimate of drug-likeness (QED) is 0.475. The van der Waals surface area contributed by atoms with Gasteiger partial charge < -0.3 is 14.6 Å². The molecule has 9 heteroatoms. The average Bonchev–Trinajstić information content (AvgIpc) is 2.73. The molecule has 2 N–H and O–H groups in total. The van der Waals surface area contributed by atoms with Gasteiger partial charge in [-0.25, -0.2) is 13.1 Å². The van der Waals surface area contributed by atoms with Gasteiger partial charge in [-0.3, -0.25) is 9.78 Å². The molecule has 0 aliphatic heterocycles. The standard InChI is InChI=1S/C21H20N2O6S/c24-14-17(11-21(25)26)23-30(27,28)20-8-4-3-7-19(20)29-10-9-16-13-22-12-15-5-1-2-6-18(15)16/h1-8,12-14,17,23H,9-11H2,(H,25,26). The number of aldehydes is 1. The monoisotopic (exact) mass is 428 g/mol. The fourth-order valence-electron chi connectivity index (χ4n) is 3.01. The summed E-state index contributed by atoms with van der Waals surface area (Å²) >= 11 is 0. The number of nitrogens with one attached hydrogen (secondary N) is 1. The van der Waals surface area contributed by atoms with E-state index in [9.17, 15) is 18.0 Å².